The maximum absolute atomic E-state index is 5.68. The molecule has 23 heavy (non-hydrogen) atoms. The van der Waals surface area contributed by atoms with Gasteiger partial charge in [0.25, 0.3) is 0 Å². The fourth-order valence-corrected chi connectivity index (χ4v) is 2.71. The number of aliphatic imine (C=N–C) groups is 1. The van der Waals surface area contributed by atoms with E-state index in [0.717, 1.165) is 15.9 Å². The van der Waals surface area contributed by atoms with E-state index in [1.54, 1.807) is 0 Å². The minimum atomic E-state index is 0. The van der Waals surface area contributed by atoms with Crippen LogP contribution in [-0.2, 0) is 21.8 Å². The van der Waals surface area contributed by atoms with Crippen LogP contribution < -0.4 is 0 Å². The van der Waals surface area contributed by atoms with Gasteiger partial charge in [-0.2, -0.15) is 0 Å². The quantitative estimate of drug-likeness (QED) is 0.676. The van der Waals surface area contributed by atoms with Crippen LogP contribution in [0.4, 0.5) is 0 Å². The minimum absolute atomic E-state index is 0. The van der Waals surface area contributed by atoms with Crippen molar-refractivity contribution in [3.8, 4) is 0 Å². The van der Waals surface area contributed by atoms with Crippen molar-refractivity contribution in [3.63, 3.8) is 0 Å². The molecule has 1 atom stereocenters. The van der Waals surface area contributed by atoms with Gasteiger partial charge in [-0.15, -0.1) is 0 Å². The molecule has 2 fully saturated rings. The van der Waals surface area contributed by atoms with Crippen molar-refractivity contribution in [1.29, 1.82) is 0 Å². The first-order valence-corrected chi connectivity index (χ1v) is 7.97. The third-order valence-corrected chi connectivity index (χ3v) is 4.08. The van der Waals surface area contributed by atoms with Crippen molar-refractivity contribution in [2.75, 3.05) is 6.61 Å². The van der Waals surface area contributed by atoms with Crippen LogP contribution in [-0.4, -0.2) is 18.5 Å². The molecule has 1 aromatic rings. The van der Waals surface area contributed by atoms with Crippen LogP contribution in [0, 0.1) is 63.7 Å². The summed E-state index contributed by atoms with van der Waals surface area (Å²) < 4.78 is 6.69. The largest absolute Gasteiger partial charge is 2.00 e. The van der Waals surface area contributed by atoms with Gasteiger partial charge in [0.15, 0.2) is 0 Å². The van der Waals surface area contributed by atoms with Gasteiger partial charge in [-0.1, -0.05) is 12.1 Å². The zero-order valence-electron chi connectivity index (χ0n) is 12.4. The number of benzene rings is 1. The molecule has 0 unspecified atom stereocenters. The third-order valence-electron chi connectivity index (χ3n) is 3.38. The molecule has 0 N–H and O–H groups in total. The molecule has 2 nitrogen and oxygen atoms in total. The van der Waals surface area contributed by atoms with E-state index < -0.39 is 0 Å². The van der Waals surface area contributed by atoms with Crippen molar-refractivity contribution in [2.24, 2.45) is 4.99 Å². The van der Waals surface area contributed by atoms with Crippen LogP contribution in [0.1, 0.15) is 5.56 Å². The minimum Gasteiger partial charge on any atom is -0.475 e. The second-order valence-electron chi connectivity index (χ2n) is 4.92. The molecule has 1 heterocycles. The zero-order valence-corrected chi connectivity index (χ0v) is 15.1. The molecule has 4 heteroatoms. The van der Waals surface area contributed by atoms with E-state index in [1.807, 2.05) is 69.2 Å². The van der Waals surface area contributed by atoms with Crippen molar-refractivity contribution in [2.45, 2.75) is 6.04 Å². The number of nitrogens with zero attached hydrogens (tertiary/aromatic N) is 1. The van der Waals surface area contributed by atoms with Gasteiger partial charge in [-0.3, -0.25) is 0 Å². The molecule has 10 radical (unpaired) electrons. The van der Waals surface area contributed by atoms with Crippen LogP contribution in [0.15, 0.2) is 33.7 Å². The summed E-state index contributed by atoms with van der Waals surface area (Å²) in [5.74, 6) is 1.94. The van der Waals surface area contributed by atoms with Gasteiger partial charge in [-0.05, 0) is 85.9 Å². The molecule has 116 valence electrons. The van der Waals surface area contributed by atoms with Gasteiger partial charge in [-0.25, -0.2) is 4.99 Å². The first kappa shape index (κ1) is 19.0. The standard InChI is InChI=1S/C14H11BrNO.C5H5.Fe/c15-12-8-4-3-7-11(12)14-16-13(9-17-14)10-5-1-2-6-10;1-2-4-5-3-1;/h1-8,13H,9H2;1-5H;/q;;+2/t13-;;/m1../s1. The normalized spacial score (nSPS) is 23.5. The van der Waals surface area contributed by atoms with Crippen LogP contribution in [0.5, 0.6) is 0 Å². The molecule has 1 aliphatic heterocycles. The van der Waals surface area contributed by atoms with Crippen molar-refractivity contribution >= 4 is 21.8 Å². The third kappa shape index (κ3) is 5.34. The van der Waals surface area contributed by atoms with E-state index in [0.29, 0.717) is 6.61 Å². The van der Waals surface area contributed by atoms with E-state index in [9.17, 15) is 0 Å². The van der Waals surface area contributed by atoms with Crippen molar-refractivity contribution in [3.05, 3.63) is 98.0 Å². The summed E-state index contributed by atoms with van der Waals surface area (Å²) >= 11 is 3.51. The Morgan fingerprint density at radius 3 is 2.13 bits per heavy atom. The van der Waals surface area contributed by atoms with Gasteiger partial charge >= 0.3 is 17.1 Å². The maximum atomic E-state index is 5.68. The summed E-state index contributed by atoms with van der Waals surface area (Å²) in [4.78, 5) is 4.63. The fraction of sp³-hybridized carbons (Fsp3) is 0.105. The molecule has 2 aliphatic carbocycles. The van der Waals surface area contributed by atoms with Crippen molar-refractivity contribution in [1.82, 2.24) is 0 Å². The van der Waals surface area contributed by atoms with Gasteiger partial charge in [0.2, 0.25) is 5.90 Å². The molecule has 0 bridgehead atoms. The molecule has 1 aromatic carbocycles. The molecule has 0 spiro atoms. The Morgan fingerprint density at radius 2 is 1.52 bits per heavy atom. The molecular formula is C19H16BrFeNO+2. The first-order valence-electron chi connectivity index (χ1n) is 7.18. The van der Waals surface area contributed by atoms with Gasteiger partial charge in [0, 0.05) is 10.4 Å². The Hall–Kier alpha value is -0.311. The smallest absolute Gasteiger partial charge is 0.475 e. The molecule has 4 rings (SSSR count). The van der Waals surface area contributed by atoms with Crippen LogP contribution in [0.3, 0.4) is 0 Å². The van der Waals surface area contributed by atoms with Gasteiger partial charge in [0.1, 0.15) is 6.61 Å². The Balaban J connectivity index is 0.000000276. The topological polar surface area (TPSA) is 21.6 Å². The van der Waals surface area contributed by atoms with Crippen LogP contribution >= 0.6 is 15.9 Å². The SMILES string of the molecule is Brc1ccccc1C1=N[C@@H]([C]2[CH][CH][CH][CH]2)CO1.[CH]1[CH][CH][CH][CH]1.[Fe+2]. The van der Waals surface area contributed by atoms with Crippen LogP contribution in [0.25, 0.3) is 0 Å². The molecule has 0 aromatic heterocycles. The number of rotatable bonds is 2. The number of ether oxygens (including phenoxy) is 1. The summed E-state index contributed by atoms with van der Waals surface area (Å²) in [6.07, 6.45) is 18.2. The Bertz CT molecular complexity index is 502. The predicted octanol–water partition coefficient (Wildman–Crippen LogP) is 4.02. The van der Waals surface area contributed by atoms with E-state index in [-0.39, 0.29) is 23.1 Å². The summed E-state index contributed by atoms with van der Waals surface area (Å²) in [6.45, 7) is 0.626. The summed E-state index contributed by atoms with van der Waals surface area (Å²) in [6, 6.07) is 8.11. The zero-order chi connectivity index (χ0) is 15.2. The second-order valence-corrected chi connectivity index (χ2v) is 5.78. The maximum Gasteiger partial charge on any atom is 2.00 e. The molecule has 3 aliphatic rings. The summed E-state index contributed by atoms with van der Waals surface area (Å²) in [5, 5.41) is 0. The van der Waals surface area contributed by atoms with E-state index in [1.165, 1.54) is 5.92 Å². The second kappa shape index (κ2) is 9.86. The predicted molar refractivity (Wildman–Crippen MR) is 92.4 cm³/mol. The fourth-order valence-electron chi connectivity index (χ4n) is 2.26. The van der Waals surface area contributed by atoms with Gasteiger partial charge in [0.05, 0.1) is 11.6 Å². The summed E-state index contributed by atoms with van der Waals surface area (Å²) in [7, 11) is 0. The summed E-state index contributed by atoms with van der Waals surface area (Å²) in [5.41, 5.74) is 1.02. The van der Waals surface area contributed by atoms with Crippen molar-refractivity contribution < 1.29 is 21.8 Å². The molecule has 0 saturated heterocycles. The van der Waals surface area contributed by atoms with E-state index >= 15 is 0 Å². The number of hydrogen-bond donors (Lipinski definition) is 0. The Morgan fingerprint density at radius 1 is 0.913 bits per heavy atom. The van der Waals surface area contributed by atoms with E-state index in [2.05, 4.69) is 33.8 Å². The monoisotopic (exact) mass is 409 g/mol. The molecule has 2 saturated carbocycles. The average molecular weight is 410 g/mol. The average Bonchev–Trinajstić information content (AvgIpc) is 3.30. The Kier molecular flexibility index (Phi) is 8.15. The number of halogens is 1. The Labute approximate surface area is 159 Å². The van der Waals surface area contributed by atoms with Gasteiger partial charge < -0.3 is 4.74 Å². The molecule has 0 amide bonds. The number of hydrogen-bond acceptors (Lipinski definition) is 2. The first-order chi connectivity index (χ1) is 10.8. The van der Waals surface area contributed by atoms with E-state index in [4.69, 9.17) is 4.74 Å². The molecular weight excluding hydrogens is 394 g/mol. The van der Waals surface area contributed by atoms with Crippen LogP contribution in [0.2, 0.25) is 0 Å².